The number of guanidine groups is 1. The van der Waals surface area contributed by atoms with Gasteiger partial charge in [0.05, 0.1) is 23.3 Å². The highest BCUT2D eigenvalue weighted by Crippen LogP contribution is 2.52. The monoisotopic (exact) mass is 826 g/mol. The van der Waals surface area contributed by atoms with E-state index in [1.165, 1.54) is 32.0 Å². The van der Waals surface area contributed by atoms with Gasteiger partial charge in [-0.1, -0.05) is 56.7 Å². The Labute approximate surface area is 326 Å². The van der Waals surface area contributed by atoms with Gasteiger partial charge in [-0.25, -0.2) is 18.6 Å². The molecule has 2 aromatic heterocycles. The highest BCUT2D eigenvalue weighted by Gasteiger charge is 2.65. The third-order valence-electron chi connectivity index (χ3n) is 11.2. The number of ether oxygens (including phenoxy) is 1. The van der Waals surface area contributed by atoms with Crippen molar-refractivity contribution in [3.05, 3.63) is 65.2 Å². The van der Waals surface area contributed by atoms with E-state index in [9.17, 15) is 35.5 Å². The fourth-order valence-corrected chi connectivity index (χ4v) is 7.54. The summed E-state index contributed by atoms with van der Waals surface area (Å²) in [6, 6.07) is 2.55. The number of nitrogens with one attached hydrogen (secondary N) is 3. The number of rotatable bonds is 13. The molecule has 0 radical (unpaired) electrons. The molecule has 4 aliphatic rings. The number of benzene rings is 1. The van der Waals surface area contributed by atoms with Crippen molar-refractivity contribution in [2.45, 2.75) is 102 Å². The molecule has 3 atom stereocenters. The smallest absolute Gasteiger partial charge is 0.411 e. The summed E-state index contributed by atoms with van der Waals surface area (Å²) in [6.07, 6.45) is -0.800. The largest absolute Gasteiger partial charge is 0.447 e. The van der Waals surface area contributed by atoms with Crippen LogP contribution < -0.4 is 10.6 Å². The predicted molar refractivity (Wildman–Crippen MR) is 190 cm³/mol. The molecule has 1 aliphatic heterocycles. The SMILES string of the molecule is CC(C)(C[C@]1(C2(C)C=CC(c3cnn(C4CC4)n3)=CC2)NC(=N)N([C@H](COC(=O)NC2(C(F)(F)F)CC2)c2ccc(Cl)c(-c3ncnn3C(F)F)c2)C1=O)C(F)F. The summed E-state index contributed by atoms with van der Waals surface area (Å²) in [4.78, 5) is 34.5. The maximum atomic E-state index is 15.2. The summed E-state index contributed by atoms with van der Waals surface area (Å²) in [7, 11) is 0. The molecule has 7 rings (SSSR count). The zero-order valence-corrected chi connectivity index (χ0v) is 31.5. The quantitative estimate of drug-likeness (QED) is 0.149. The van der Waals surface area contributed by atoms with Crippen LogP contribution in [0, 0.1) is 16.2 Å². The molecule has 1 unspecified atom stereocenters. The Kier molecular flexibility index (Phi) is 9.96. The van der Waals surface area contributed by atoms with Crippen molar-refractivity contribution < 1.29 is 45.1 Å². The second-order valence-corrected chi connectivity index (χ2v) is 16.2. The van der Waals surface area contributed by atoms with Crippen LogP contribution in [0.15, 0.2) is 49.0 Å². The second-order valence-electron chi connectivity index (χ2n) is 15.8. The van der Waals surface area contributed by atoms with Crippen molar-refractivity contribution in [3.8, 4) is 11.4 Å². The summed E-state index contributed by atoms with van der Waals surface area (Å²) < 4.78 is 104. The molecule has 3 heterocycles. The van der Waals surface area contributed by atoms with Crippen LogP contribution in [0.3, 0.4) is 0 Å². The standard InChI is InChI=1S/C36H38ClF7N10O3/c1-32(2,27(38)39)17-35(33(3)10-8-19(9-11-33)24-15-47-54(51-24)21-5-6-21)28(55)52(30(45)49-35)25(16-57-31(56)50-34(12-13-34)36(42,43)44)20-4-7-23(37)22(14-20)26-46-18-48-53(26)29(40)41/h4,7-10,14-15,18,21,25,27,29H,5-6,11-13,16-17H2,1-3H3,(H2,45,49)(H,50,56)/t25-,33?,35+/m1/s1. The van der Waals surface area contributed by atoms with Crippen LogP contribution in [0.1, 0.15) is 89.2 Å². The molecule has 2 saturated carbocycles. The number of hydrogen-bond acceptors (Lipinski definition) is 8. The van der Waals surface area contributed by atoms with E-state index in [1.807, 2.05) is 5.32 Å². The minimum absolute atomic E-state index is 0.0251. The highest BCUT2D eigenvalue weighted by atomic mass is 35.5. The minimum Gasteiger partial charge on any atom is -0.447 e. The van der Waals surface area contributed by atoms with Gasteiger partial charge in [-0.3, -0.25) is 15.1 Å². The van der Waals surface area contributed by atoms with E-state index in [-0.39, 0.29) is 52.0 Å². The van der Waals surface area contributed by atoms with Gasteiger partial charge in [0.25, 0.3) is 5.91 Å². The zero-order valence-electron chi connectivity index (χ0n) is 30.8. The van der Waals surface area contributed by atoms with Crippen LogP contribution in [-0.2, 0) is 9.53 Å². The Morgan fingerprint density at radius 3 is 2.47 bits per heavy atom. The van der Waals surface area contributed by atoms with E-state index in [1.54, 1.807) is 36.1 Å². The maximum absolute atomic E-state index is 15.2. The molecule has 3 fully saturated rings. The van der Waals surface area contributed by atoms with Gasteiger partial charge in [0.1, 0.15) is 29.7 Å². The Bertz CT molecular complexity index is 2140. The zero-order chi connectivity index (χ0) is 41.3. The minimum atomic E-state index is -4.78. The van der Waals surface area contributed by atoms with E-state index in [0.717, 1.165) is 24.1 Å². The summed E-state index contributed by atoms with van der Waals surface area (Å²) in [6.45, 7) is 0.216. The van der Waals surface area contributed by atoms with Crippen molar-refractivity contribution in [2.75, 3.05) is 6.61 Å². The molecule has 1 saturated heterocycles. The Balaban J connectivity index is 1.27. The first-order chi connectivity index (χ1) is 26.7. The summed E-state index contributed by atoms with van der Waals surface area (Å²) in [5.41, 5.74) is -6.40. The van der Waals surface area contributed by atoms with Crippen LogP contribution in [0.2, 0.25) is 5.02 Å². The maximum Gasteiger partial charge on any atom is 0.411 e. The summed E-state index contributed by atoms with van der Waals surface area (Å²) >= 11 is 6.42. The molecule has 3 aromatic rings. The Morgan fingerprint density at radius 1 is 1.16 bits per heavy atom. The summed E-state index contributed by atoms with van der Waals surface area (Å²) in [5.74, 6) is -1.87. The number of carbonyl (C=O) groups is 2. The molecule has 3 N–H and O–H groups in total. The lowest BCUT2D eigenvalue weighted by Crippen LogP contribution is -2.61. The normalized spacial score (nSPS) is 23.9. The molecule has 1 aromatic carbocycles. The van der Waals surface area contributed by atoms with Gasteiger partial charge in [-0.05, 0) is 61.8 Å². The first kappa shape index (κ1) is 40.2. The van der Waals surface area contributed by atoms with Gasteiger partial charge < -0.3 is 15.4 Å². The van der Waals surface area contributed by atoms with Crippen LogP contribution in [-0.4, -0.2) is 82.9 Å². The molecule has 3 aliphatic carbocycles. The van der Waals surface area contributed by atoms with Gasteiger partial charge in [-0.15, -0.1) is 0 Å². The van der Waals surface area contributed by atoms with Crippen LogP contribution in [0.4, 0.5) is 35.5 Å². The van der Waals surface area contributed by atoms with Gasteiger partial charge in [0.2, 0.25) is 6.43 Å². The first-order valence-corrected chi connectivity index (χ1v) is 18.4. The molecular formula is C36H38ClF7N10O3. The Morgan fingerprint density at radius 2 is 1.88 bits per heavy atom. The number of alkyl halides is 7. The number of aromatic nitrogens is 6. The first-order valence-electron chi connectivity index (χ1n) is 18.0. The number of hydrogen-bond donors (Lipinski definition) is 3. The van der Waals surface area contributed by atoms with Crippen LogP contribution >= 0.6 is 11.6 Å². The molecule has 0 spiro atoms. The number of nitrogens with zero attached hydrogens (tertiary/aromatic N) is 7. The fourth-order valence-electron chi connectivity index (χ4n) is 7.33. The molecule has 57 heavy (non-hydrogen) atoms. The van der Waals surface area contributed by atoms with E-state index in [2.05, 4.69) is 25.6 Å². The highest BCUT2D eigenvalue weighted by molar-refractivity contribution is 6.33. The van der Waals surface area contributed by atoms with Crippen LogP contribution in [0.5, 0.6) is 0 Å². The lowest BCUT2D eigenvalue weighted by molar-refractivity contribution is -0.164. The summed E-state index contributed by atoms with van der Waals surface area (Å²) in [5, 5.41) is 26.2. The van der Waals surface area contributed by atoms with Crippen molar-refractivity contribution in [2.24, 2.45) is 10.8 Å². The van der Waals surface area contributed by atoms with Crippen molar-refractivity contribution in [3.63, 3.8) is 0 Å². The van der Waals surface area contributed by atoms with Crippen LogP contribution in [0.25, 0.3) is 17.0 Å². The van der Waals surface area contributed by atoms with E-state index >= 15 is 4.79 Å². The molecule has 0 bridgehead atoms. The van der Waals surface area contributed by atoms with Gasteiger partial charge >= 0.3 is 18.8 Å². The van der Waals surface area contributed by atoms with E-state index < -0.39 is 78.1 Å². The number of carbonyl (C=O) groups excluding carboxylic acids is 2. The lowest BCUT2D eigenvalue weighted by atomic mass is 9.60. The van der Waals surface area contributed by atoms with E-state index in [4.69, 9.17) is 21.7 Å². The van der Waals surface area contributed by atoms with E-state index in [0.29, 0.717) is 11.3 Å². The molecule has 21 heteroatoms. The fraction of sp³-hybridized carbons (Fsp3) is 0.528. The number of allylic oxidation sites excluding steroid dienone is 3. The topological polar surface area (TPSA) is 156 Å². The van der Waals surface area contributed by atoms with Gasteiger partial charge in [-0.2, -0.15) is 46.7 Å². The van der Waals surface area contributed by atoms with Crippen molar-refractivity contribution >= 4 is 35.1 Å². The van der Waals surface area contributed by atoms with Crippen molar-refractivity contribution in [1.82, 2.24) is 45.3 Å². The van der Waals surface area contributed by atoms with Gasteiger partial charge in [0, 0.05) is 16.4 Å². The number of halogens is 8. The molecule has 306 valence electrons. The van der Waals surface area contributed by atoms with Gasteiger partial charge in [0.15, 0.2) is 11.8 Å². The third kappa shape index (κ3) is 7.24. The average Bonchev–Trinajstić information content (AvgIpc) is 4.01. The van der Waals surface area contributed by atoms with Crippen molar-refractivity contribution in [1.29, 1.82) is 5.41 Å². The molecule has 2 amide bonds. The number of amides is 2. The third-order valence-corrected chi connectivity index (χ3v) is 11.5. The molecule has 13 nitrogen and oxygen atoms in total. The number of alkyl carbamates (subject to hydrolysis) is 1. The average molecular weight is 827 g/mol. The predicted octanol–water partition coefficient (Wildman–Crippen LogP) is 7.62. The Hall–Kier alpha value is -5.01. The second kappa shape index (κ2) is 14.1. The lowest BCUT2D eigenvalue weighted by Gasteiger charge is -2.47. The molecular weight excluding hydrogens is 789 g/mol.